The summed E-state index contributed by atoms with van der Waals surface area (Å²) in [6.07, 6.45) is 0.736. The number of alkyl halides is 1. The number of amides is 1. The van der Waals surface area contributed by atoms with E-state index in [1.165, 1.54) is 5.56 Å². The normalized spacial score (nSPS) is 13.0. The zero-order valence-electron chi connectivity index (χ0n) is 18.3. The first-order chi connectivity index (χ1) is 16.1. The second kappa shape index (κ2) is 9.21. The summed E-state index contributed by atoms with van der Waals surface area (Å²) in [5, 5.41) is 7.27. The van der Waals surface area contributed by atoms with Crippen molar-refractivity contribution in [1.29, 1.82) is 0 Å². The van der Waals surface area contributed by atoms with Crippen molar-refractivity contribution in [2.75, 3.05) is 23.1 Å². The first-order valence-electron chi connectivity index (χ1n) is 10.9. The van der Waals surface area contributed by atoms with E-state index >= 15 is 0 Å². The Morgan fingerprint density at radius 3 is 2.82 bits per heavy atom. The van der Waals surface area contributed by atoms with Gasteiger partial charge in [-0.1, -0.05) is 36.4 Å². The quantitative estimate of drug-likeness (QED) is 0.410. The Bertz CT molecular complexity index is 1320. The number of carbonyl (C=O) groups is 1. The monoisotopic (exact) mass is 461 g/mol. The van der Waals surface area contributed by atoms with E-state index < -0.39 is 0 Å². The molecular weight excluding hydrogens is 438 g/mol. The van der Waals surface area contributed by atoms with Crippen LogP contribution in [0, 0.1) is 6.92 Å². The minimum Gasteiger partial charge on any atom is -0.376 e. The molecule has 5 rings (SSSR count). The molecule has 0 spiro atoms. The molecule has 1 aliphatic rings. The lowest BCUT2D eigenvalue weighted by atomic mass is 10.1. The van der Waals surface area contributed by atoms with E-state index in [4.69, 9.17) is 26.3 Å². The molecule has 2 N–H and O–H groups in total. The van der Waals surface area contributed by atoms with Crippen LogP contribution in [-0.4, -0.2) is 32.9 Å². The number of nitrogens with zero attached hydrogens (tertiary/aromatic N) is 3. The third-order valence-corrected chi connectivity index (χ3v) is 5.98. The largest absolute Gasteiger partial charge is 0.376 e. The maximum absolute atomic E-state index is 11.9. The lowest BCUT2D eigenvalue weighted by molar-refractivity contribution is -0.113. The Morgan fingerprint density at radius 2 is 2.00 bits per heavy atom. The van der Waals surface area contributed by atoms with Gasteiger partial charge in [-0.25, -0.2) is 4.98 Å². The van der Waals surface area contributed by atoms with Crippen LogP contribution in [0.2, 0.25) is 0 Å². The zero-order chi connectivity index (χ0) is 22.8. The van der Waals surface area contributed by atoms with Gasteiger partial charge in [-0.2, -0.15) is 4.98 Å². The highest BCUT2D eigenvalue weighted by atomic mass is 35.5. The molecule has 1 aliphatic heterocycles. The average Bonchev–Trinajstić information content (AvgIpc) is 3.19. The Morgan fingerprint density at radius 1 is 1.15 bits per heavy atom. The van der Waals surface area contributed by atoms with E-state index in [0.717, 1.165) is 40.1 Å². The van der Waals surface area contributed by atoms with Gasteiger partial charge in [0.15, 0.2) is 0 Å². The third kappa shape index (κ3) is 4.29. The van der Waals surface area contributed by atoms with Crippen LogP contribution in [0.25, 0.3) is 16.9 Å². The molecule has 0 radical (unpaired) electrons. The summed E-state index contributed by atoms with van der Waals surface area (Å²) in [5.74, 6) is 1.04. The van der Waals surface area contributed by atoms with Crippen LogP contribution >= 0.6 is 11.6 Å². The second-order valence-corrected chi connectivity index (χ2v) is 8.25. The summed E-state index contributed by atoms with van der Waals surface area (Å²) < 4.78 is 7.72. The Hall–Kier alpha value is -3.42. The van der Waals surface area contributed by atoms with Crippen molar-refractivity contribution in [2.45, 2.75) is 26.5 Å². The van der Waals surface area contributed by atoms with Gasteiger partial charge in [-0.3, -0.25) is 9.36 Å². The Labute approximate surface area is 196 Å². The van der Waals surface area contributed by atoms with Crippen LogP contribution < -0.4 is 10.6 Å². The molecule has 0 unspecified atom stereocenters. The van der Waals surface area contributed by atoms with Crippen molar-refractivity contribution in [3.8, 4) is 5.95 Å². The third-order valence-electron chi connectivity index (χ3n) is 5.74. The SMILES string of the molecule is Cc1cc2c(NC(=O)CCl)cccc2n1-c1nc2c(c(NCc3ccccc3)n1)COCC2. The maximum atomic E-state index is 11.9. The predicted molar refractivity (Wildman–Crippen MR) is 130 cm³/mol. The van der Waals surface area contributed by atoms with Gasteiger partial charge < -0.3 is 15.4 Å². The topological polar surface area (TPSA) is 81.1 Å². The van der Waals surface area contributed by atoms with E-state index in [2.05, 4.69) is 22.8 Å². The minimum absolute atomic E-state index is 0.0947. The number of carbonyl (C=O) groups excluding carboxylic acids is 1. The van der Waals surface area contributed by atoms with E-state index in [-0.39, 0.29) is 11.8 Å². The number of aryl methyl sites for hydroxylation is 1. The minimum atomic E-state index is -0.244. The molecule has 0 saturated heterocycles. The van der Waals surface area contributed by atoms with Crippen LogP contribution in [0.1, 0.15) is 22.5 Å². The van der Waals surface area contributed by atoms with Gasteiger partial charge in [-0.15, -0.1) is 11.6 Å². The summed E-state index contributed by atoms with van der Waals surface area (Å²) >= 11 is 5.69. The van der Waals surface area contributed by atoms with Crippen molar-refractivity contribution in [3.63, 3.8) is 0 Å². The molecular formula is C25H24ClN5O2. The molecule has 33 heavy (non-hydrogen) atoms. The van der Waals surface area contributed by atoms with Crippen LogP contribution in [0.3, 0.4) is 0 Å². The molecule has 4 aromatic rings. The van der Waals surface area contributed by atoms with Gasteiger partial charge >= 0.3 is 0 Å². The lowest BCUT2D eigenvalue weighted by Gasteiger charge is -2.21. The molecule has 2 aromatic carbocycles. The maximum Gasteiger partial charge on any atom is 0.239 e. The standard InChI is InChI=1S/C25H24ClN5O2/c1-16-12-18-20(28-23(32)13-26)8-5-9-22(18)31(16)25-29-21-10-11-33-15-19(21)24(30-25)27-14-17-6-3-2-4-7-17/h2-9,12H,10-11,13-15H2,1H3,(H,28,32)(H,27,29,30). The van der Waals surface area contributed by atoms with Gasteiger partial charge in [0.2, 0.25) is 11.9 Å². The molecule has 0 aliphatic carbocycles. The Kier molecular flexibility index (Phi) is 5.98. The van der Waals surface area contributed by atoms with Crippen molar-refractivity contribution in [1.82, 2.24) is 14.5 Å². The number of halogens is 1. The number of anilines is 2. The highest BCUT2D eigenvalue weighted by Gasteiger charge is 2.21. The van der Waals surface area contributed by atoms with Gasteiger partial charge in [0, 0.05) is 29.6 Å². The average molecular weight is 462 g/mol. The van der Waals surface area contributed by atoms with Crippen LogP contribution in [0.4, 0.5) is 11.5 Å². The number of nitrogens with one attached hydrogen (secondary N) is 2. The molecule has 8 heteroatoms. The zero-order valence-corrected chi connectivity index (χ0v) is 19.0. The molecule has 3 heterocycles. The molecule has 168 valence electrons. The number of hydrogen-bond acceptors (Lipinski definition) is 5. The smallest absolute Gasteiger partial charge is 0.239 e. The molecule has 0 fully saturated rings. The number of aromatic nitrogens is 3. The van der Waals surface area contributed by atoms with Crippen LogP contribution in [-0.2, 0) is 29.1 Å². The summed E-state index contributed by atoms with van der Waals surface area (Å²) in [6, 6.07) is 18.0. The first-order valence-corrected chi connectivity index (χ1v) is 11.4. The number of fused-ring (bicyclic) bond motifs is 2. The number of rotatable bonds is 6. The second-order valence-electron chi connectivity index (χ2n) is 7.98. The molecule has 0 atom stereocenters. The summed E-state index contributed by atoms with van der Waals surface area (Å²) in [7, 11) is 0. The van der Waals surface area contributed by atoms with E-state index in [1.807, 2.05) is 54.0 Å². The number of benzene rings is 2. The van der Waals surface area contributed by atoms with E-state index in [1.54, 1.807) is 0 Å². The molecule has 0 bridgehead atoms. The first kappa shape index (κ1) is 21.4. The Balaban J connectivity index is 1.58. The van der Waals surface area contributed by atoms with E-state index in [9.17, 15) is 4.79 Å². The van der Waals surface area contributed by atoms with Crippen molar-refractivity contribution < 1.29 is 9.53 Å². The highest BCUT2D eigenvalue weighted by Crippen LogP contribution is 2.31. The fraction of sp³-hybridized carbons (Fsp3) is 0.240. The van der Waals surface area contributed by atoms with Crippen LogP contribution in [0.15, 0.2) is 54.6 Å². The number of hydrogen-bond donors (Lipinski definition) is 2. The summed E-state index contributed by atoms with van der Waals surface area (Å²) in [4.78, 5) is 21.7. The predicted octanol–water partition coefficient (Wildman–Crippen LogP) is 4.59. The highest BCUT2D eigenvalue weighted by molar-refractivity contribution is 6.29. The lowest BCUT2D eigenvalue weighted by Crippen LogP contribution is -2.19. The molecule has 0 saturated carbocycles. The van der Waals surface area contributed by atoms with E-state index in [0.29, 0.717) is 31.4 Å². The van der Waals surface area contributed by atoms with Gasteiger partial charge in [0.1, 0.15) is 11.7 Å². The summed E-state index contributed by atoms with van der Waals surface area (Å²) in [5.41, 5.74) is 5.78. The number of ether oxygens (including phenoxy) is 1. The van der Waals surface area contributed by atoms with Crippen LogP contribution in [0.5, 0.6) is 0 Å². The fourth-order valence-electron chi connectivity index (χ4n) is 4.17. The summed E-state index contributed by atoms with van der Waals surface area (Å²) in [6.45, 7) is 3.80. The van der Waals surface area contributed by atoms with Gasteiger partial charge in [0.25, 0.3) is 0 Å². The van der Waals surface area contributed by atoms with Crippen molar-refractivity contribution in [2.24, 2.45) is 0 Å². The van der Waals surface area contributed by atoms with Crippen molar-refractivity contribution in [3.05, 3.63) is 77.1 Å². The fourth-order valence-corrected chi connectivity index (χ4v) is 4.23. The molecule has 2 aromatic heterocycles. The molecule has 1 amide bonds. The van der Waals surface area contributed by atoms with Gasteiger partial charge in [0.05, 0.1) is 30.1 Å². The van der Waals surface area contributed by atoms with Crippen molar-refractivity contribution >= 4 is 39.9 Å². The molecule has 7 nitrogen and oxygen atoms in total. The van der Waals surface area contributed by atoms with Gasteiger partial charge in [-0.05, 0) is 30.7 Å².